The average molecular weight is 326 g/mol. The molecule has 7 heteroatoms. The van der Waals surface area contributed by atoms with E-state index in [1.54, 1.807) is 16.4 Å². The summed E-state index contributed by atoms with van der Waals surface area (Å²) in [6.07, 6.45) is 2.86. The molecular weight excluding hydrogens is 304 g/mol. The van der Waals surface area contributed by atoms with Crippen molar-refractivity contribution in [1.29, 1.82) is 0 Å². The third-order valence-electron chi connectivity index (χ3n) is 3.82. The maximum absolute atomic E-state index is 12.6. The van der Waals surface area contributed by atoms with Crippen LogP contribution in [0.1, 0.15) is 26.2 Å². The summed E-state index contributed by atoms with van der Waals surface area (Å²) in [5.41, 5.74) is 0. The van der Waals surface area contributed by atoms with Gasteiger partial charge >= 0.3 is 0 Å². The number of carbonyl (C=O) groups excluding carboxylic acids is 1. The molecular formula is C15H22N2O4S. The summed E-state index contributed by atoms with van der Waals surface area (Å²) >= 11 is 0. The highest BCUT2D eigenvalue weighted by Crippen LogP contribution is 2.26. The molecule has 6 nitrogen and oxygen atoms in total. The third-order valence-corrected chi connectivity index (χ3v) is 5.85. The van der Waals surface area contributed by atoms with Gasteiger partial charge in [0, 0.05) is 19.6 Å². The van der Waals surface area contributed by atoms with Gasteiger partial charge in [-0.25, -0.2) is 8.42 Å². The predicted octanol–water partition coefficient (Wildman–Crippen LogP) is 1.37. The van der Waals surface area contributed by atoms with Gasteiger partial charge in [-0.15, -0.1) is 0 Å². The molecule has 0 aliphatic carbocycles. The monoisotopic (exact) mass is 326 g/mol. The van der Waals surface area contributed by atoms with Gasteiger partial charge < -0.3 is 10.1 Å². The number of nitrogens with one attached hydrogen (secondary N) is 1. The Balaban J connectivity index is 2.10. The summed E-state index contributed by atoms with van der Waals surface area (Å²) in [5.74, 6) is 0.230. The van der Waals surface area contributed by atoms with Crippen molar-refractivity contribution in [3.8, 4) is 5.75 Å². The van der Waals surface area contributed by atoms with Crippen molar-refractivity contribution in [2.24, 2.45) is 0 Å². The minimum absolute atomic E-state index is 0.0305. The molecule has 0 aromatic heterocycles. The van der Waals surface area contributed by atoms with Crippen LogP contribution in [0.3, 0.4) is 0 Å². The third kappa shape index (κ3) is 3.78. The second-order valence-electron chi connectivity index (χ2n) is 5.39. The van der Waals surface area contributed by atoms with Gasteiger partial charge in [0.25, 0.3) is 5.91 Å². The molecule has 22 heavy (non-hydrogen) atoms. The lowest BCUT2D eigenvalue weighted by atomic mass is 10.1. The van der Waals surface area contributed by atoms with E-state index >= 15 is 0 Å². The van der Waals surface area contributed by atoms with Crippen molar-refractivity contribution in [2.45, 2.75) is 37.1 Å². The molecule has 0 radical (unpaired) electrons. The Morgan fingerprint density at radius 3 is 2.59 bits per heavy atom. The zero-order chi connectivity index (χ0) is 16.2. The molecule has 0 bridgehead atoms. The Labute approximate surface area is 131 Å². The lowest BCUT2D eigenvalue weighted by molar-refractivity contribution is -0.122. The number of rotatable bonds is 5. The number of carbonyl (C=O) groups is 1. The summed E-state index contributed by atoms with van der Waals surface area (Å²) in [4.78, 5) is 11.4. The van der Waals surface area contributed by atoms with Gasteiger partial charge in [-0.3, -0.25) is 4.79 Å². The highest BCUT2D eigenvalue weighted by Gasteiger charge is 2.30. The van der Waals surface area contributed by atoms with Crippen LogP contribution < -0.4 is 10.1 Å². The average Bonchev–Trinajstić information content (AvgIpc) is 2.53. The number of nitrogens with zero attached hydrogens (tertiary/aromatic N) is 1. The molecule has 0 spiro atoms. The Bertz CT molecular complexity index is 613. The molecule has 1 fully saturated rings. The fourth-order valence-corrected chi connectivity index (χ4v) is 4.19. The van der Waals surface area contributed by atoms with Crippen LogP contribution in [0.2, 0.25) is 0 Å². The highest BCUT2D eigenvalue weighted by molar-refractivity contribution is 7.89. The van der Waals surface area contributed by atoms with Gasteiger partial charge in [0.2, 0.25) is 10.0 Å². The van der Waals surface area contributed by atoms with E-state index in [1.807, 2.05) is 6.92 Å². The largest absolute Gasteiger partial charge is 0.484 e. The Hall–Kier alpha value is -1.60. The molecule has 122 valence electrons. The first-order chi connectivity index (χ1) is 10.4. The quantitative estimate of drug-likeness (QED) is 0.887. The van der Waals surface area contributed by atoms with Gasteiger partial charge in [0.05, 0.1) is 4.90 Å². The van der Waals surface area contributed by atoms with Gasteiger partial charge in [-0.1, -0.05) is 6.42 Å². The van der Waals surface area contributed by atoms with E-state index < -0.39 is 10.0 Å². The smallest absolute Gasteiger partial charge is 0.257 e. The molecule has 1 heterocycles. The van der Waals surface area contributed by atoms with Crippen LogP contribution in [0.25, 0.3) is 0 Å². The van der Waals surface area contributed by atoms with E-state index in [0.717, 1.165) is 19.3 Å². The Morgan fingerprint density at radius 1 is 1.32 bits per heavy atom. The van der Waals surface area contributed by atoms with Crippen molar-refractivity contribution >= 4 is 15.9 Å². The fourth-order valence-electron chi connectivity index (χ4n) is 2.49. The van der Waals surface area contributed by atoms with E-state index in [4.69, 9.17) is 4.74 Å². The molecule has 0 unspecified atom stereocenters. The van der Waals surface area contributed by atoms with E-state index in [-0.39, 0.29) is 23.5 Å². The van der Waals surface area contributed by atoms with Gasteiger partial charge in [0.15, 0.2) is 6.61 Å². The van der Waals surface area contributed by atoms with Crippen molar-refractivity contribution in [3.05, 3.63) is 24.3 Å². The molecule has 1 saturated heterocycles. The maximum Gasteiger partial charge on any atom is 0.257 e. The topological polar surface area (TPSA) is 75.7 Å². The SMILES string of the molecule is CNC(=O)COc1ccc(S(=O)(=O)N2CCCC[C@H]2C)cc1. The van der Waals surface area contributed by atoms with Crippen molar-refractivity contribution in [3.63, 3.8) is 0 Å². The van der Waals surface area contributed by atoms with Crippen molar-refractivity contribution in [1.82, 2.24) is 9.62 Å². The van der Waals surface area contributed by atoms with E-state index in [0.29, 0.717) is 12.3 Å². The van der Waals surface area contributed by atoms with Crippen molar-refractivity contribution < 1.29 is 17.9 Å². The van der Waals surface area contributed by atoms with Crippen LogP contribution in [0.15, 0.2) is 29.2 Å². The number of benzene rings is 1. The zero-order valence-electron chi connectivity index (χ0n) is 12.9. The molecule has 2 rings (SSSR count). The van der Waals surface area contributed by atoms with Gasteiger partial charge in [-0.2, -0.15) is 4.31 Å². The molecule has 1 aromatic rings. The minimum atomic E-state index is -3.47. The zero-order valence-corrected chi connectivity index (χ0v) is 13.7. The number of sulfonamides is 1. The highest BCUT2D eigenvalue weighted by atomic mass is 32.2. The minimum Gasteiger partial charge on any atom is -0.484 e. The first-order valence-corrected chi connectivity index (χ1v) is 8.84. The first-order valence-electron chi connectivity index (χ1n) is 7.40. The second kappa shape index (κ2) is 7.11. The van der Waals surface area contributed by atoms with E-state index in [2.05, 4.69) is 5.32 Å². The van der Waals surface area contributed by atoms with Crippen LogP contribution >= 0.6 is 0 Å². The Morgan fingerprint density at radius 2 is 2.00 bits per heavy atom. The number of amides is 1. The normalized spacial score (nSPS) is 19.6. The summed E-state index contributed by atoms with van der Waals surface area (Å²) < 4.78 is 32.1. The fraction of sp³-hybridized carbons (Fsp3) is 0.533. The number of piperidine rings is 1. The van der Waals surface area contributed by atoms with E-state index in [9.17, 15) is 13.2 Å². The Kier molecular flexibility index (Phi) is 5.42. The molecule has 1 aliphatic rings. The van der Waals surface area contributed by atoms with Crippen molar-refractivity contribution in [2.75, 3.05) is 20.2 Å². The second-order valence-corrected chi connectivity index (χ2v) is 7.28. The number of hydrogen-bond donors (Lipinski definition) is 1. The number of hydrogen-bond acceptors (Lipinski definition) is 4. The maximum atomic E-state index is 12.6. The summed E-state index contributed by atoms with van der Waals surface area (Å²) in [6, 6.07) is 6.23. The molecule has 1 N–H and O–H groups in total. The summed E-state index contributed by atoms with van der Waals surface area (Å²) in [6.45, 7) is 2.42. The van der Waals surface area contributed by atoms with Crippen LogP contribution in [0, 0.1) is 0 Å². The number of likely N-dealkylation sites (N-methyl/N-ethyl adjacent to an activating group) is 1. The van der Waals surface area contributed by atoms with Crippen LogP contribution in [-0.4, -0.2) is 44.9 Å². The molecule has 1 aromatic carbocycles. The molecule has 0 saturated carbocycles. The summed E-state index contributed by atoms with van der Waals surface area (Å²) in [7, 11) is -1.94. The standard InChI is InChI=1S/C15H22N2O4S/c1-12-5-3-4-10-17(12)22(19,20)14-8-6-13(7-9-14)21-11-15(18)16-2/h6-9,12H,3-5,10-11H2,1-2H3,(H,16,18)/t12-/m1/s1. The molecule has 1 atom stereocenters. The van der Waals surface area contributed by atoms with Crippen LogP contribution in [-0.2, 0) is 14.8 Å². The lowest BCUT2D eigenvalue weighted by Gasteiger charge is -2.32. The van der Waals surface area contributed by atoms with Crippen LogP contribution in [0.5, 0.6) is 5.75 Å². The molecule has 1 aliphatic heterocycles. The van der Waals surface area contributed by atoms with Gasteiger partial charge in [-0.05, 0) is 44.0 Å². The van der Waals surface area contributed by atoms with Gasteiger partial charge in [0.1, 0.15) is 5.75 Å². The van der Waals surface area contributed by atoms with Crippen LogP contribution in [0.4, 0.5) is 0 Å². The predicted molar refractivity (Wildman–Crippen MR) is 83.2 cm³/mol. The number of ether oxygens (including phenoxy) is 1. The lowest BCUT2D eigenvalue weighted by Crippen LogP contribution is -2.41. The summed E-state index contributed by atoms with van der Waals surface area (Å²) in [5, 5.41) is 2.45. The molecule has 1 amide bonds. The first kappa shape index (κ1) is 16.8. The van der Waals surface area contributed by atoms with E-state index in [1.165, 1.54) is 19.2 Å².